The van der Waals surface area contributed by atoms with Crippen molar-refractivity contribution in [2.24, 2.45) is 5.73 Å². The molecule has 70 valence electrons. The van der Waals surface area contributed by atoms with Gasteiger partial charge in [-0.1, -0.05) is 25.1 Å². The van der Waals surface area contributed by atoms with Crippen molar-refractivity contribution in [3.63, 3.8) is 0 Å². The van der Waals surface area contributed by atoms with Crippen molar-refractivity contribution < 1.29 is 5.11 Å². The maximum Gasteiger partial charge on any atom is 0.0773 e. The zero-order chi connectivity index (χ0) is 9.42. The third-order valence-electron chi connectivity index (χ3n) is 2.84. The van der Waals surface area contributed by atoms with Gasteiger partial charge in [0.25, 0.3) is 0 Å². The zero-order valence-electron chi connectivity index (χ0n) is 7.83. The van der Waals surface area contributed by atoms with Crippen LogP contribution in [0, 0.1) is 0 Å². The van der Waals surface area contributed by atoms with E-state index in [9.17, 15) is 5.11 Å². The van der Waals surface area contributed by atoms with Crippen molar-refractivity contribution in [2.75, 3.05) is 0 Å². The van der Waals surface area contributed by atoms with Crippen molar-refractivity contribution in [2.45, 2.75) is 31.9 Å². The summed E-state index contributed by atoms with van der Waals surface area (Å²) in [5.41, 5.74) is 9.60. The molecule has 0 aromatic heterocycles. The predicted octanol–water partition coefficient (Wildman–Crippen LogP) is 1.17. The predicted molar refractivity (Wildman–Crippen MR) is 52.5 cm³/mol. The van der Waals surface area contributed by atoms with E-state index in [-0.39, 0.29) is 12.1 Å². The summed E-state index contributed by atoms with van der Waals surface area (Å²) >= 11 is 0. The molecule has 2 rings (SSSR count). The first-order valence-electron chi connectivity index (χ1n) is 4.78. The maximum atomic E-state index is 9.61. The van der Waals surface area contributed by atoms with Crippen LogP contribution in [0.5, 0.6) is 0 Å². The number of rotatable bonds is 1. The maximum absolute atomic E-state index is 9.61. The molecule has 13 heavy (non-hydrogen) atoms. The fourth-order valence-electron chi connectivity index (χ4n) is 2.13. The van der Waals surface area contributed by atoms with E-state index in [4.69, 9.17) is 5.73 Å². The Bertz CT molecular complexity index is 322. The van der Waals surface area contributed by atoms with Crippen molar-refractivity contribution in [3.05, 3.63) is 34.9 Å². The lowest BCUT2D eigenvalue weighted by Gasteiger charge is -2.12. The Morgan fingerprint density at radius 3 is 3.00 bits per heavy atom. The summed E-state index contributed by atoms with van der Waals surface area (Å²) in [6.45, 7) is 2.12. The molecule has 0 amide bonds. The van der Waals surface area contributed by atoms with Gasteiger partial charge >= 0.3 is 0 Å². The molecular weight excluding hydrogens is 162 g/mol. The highest BCUT2D eigenvalue weighted by atomic mass is 16.3. The summed E-state index contributed by atoms with van der Waals surface area (Å²) in [4.78, 5) is 0. The van der Waals surface area contributed by atoms with E-state index in [1.54, 1.807) is 0 Å². The van der Waals surface area contributed by atoms with Crippen LogP contribution in [0.2, 0.25) is 0 Å². The van der Waals surface area contributed by atoms with Gasteiger partial charge in [-0.2, -0.15) is 0 Å². The molecule has 1 aromatic carbocycles. The van der Waals surface area contributed by atoms with Crippen molar-refractivity contribution in [1.29, 1.82) is 0 Å². The van der Waals surface area contributed by atoms with E-state index in [2.05, 4.69) is 19.1 Å². The molecule has 0 bridgehead atoms. The number of aliphatic hydroxyl groups is 1. The van der Waals surface area contributed by atoms with Crippen LogP contribution in [0.4, 0.5) is 0 Å². The second kappa shape index (κ2) is 3.13. The molecule has 0 radical (unpaired) electrons. The zero-order valence-corrected chi connectivity index (χ0v) is 7.83. The summed E-state index contributed by atoms with van der Waals surface area (Å²) in [6, 6.07) is 6.02. The quantitative estimate of drug-likeness (QED) is 0.676. The second-order valence-corrected chi connectivity index (χ2v) is 3.64. The van der Waals surface area contributed by atoms with Gasteiger partial charge in [-0.25, -0.2) is 0 Å². The summed E-state index contributed by atoms with van der Waals surface area (Å²) in [5.74, 6) is 0. The summed E-state index contributed by atoms with van der Waals surface area (Å²) in [7, 11) is 0. The van der Waals surface area contributed by atoms with Crippen molar-refractivity contribution in [1.82, 2.24) is 0 Å². The summed E-state index contributed by atoms with van der Waals surface area (Å²) in [6.07, 6.45) is 1.32. The molecule has 0 unspecified atom stereocenters. The Morgan fingerprint density at radius 2 is 2.31 bits per heavy atom. The summed E-state index contributed by atoms with van der Waals surface area (Å²) in [5, 5.41) is 9.61. The third kappa shape index (κ3) is 1.26. The van der Waals surface area contributed by atoms with Gasteiger partial charge < -0.3 is 10.8 Å². The Balaban J connectivity index is 2.51. The lowest BCUT2D eigenvalue weighted by Crippen LogP contribution is -2.21. The van der Waals surface area contributed by atoms with Gasteiger partial charge in [0.05, 0.1) is 12.1 Å². The fraction of sp³-hybridized carbons (Fsp3) is 0.455. The van der Waals surface area contributed by atoms with Crippen LogP contribution in [0.1, 0.15) is 29.7 Å². The fourth-order valence-corrected chi connectivity index (χ4v) is 2.13. The van der Waals surface area contributed by atoms with Crippen LogP contribution in [0.25, 0.3) is 0 Å². The van der Waals surface area contributed by atoms with E-state index in [0.717, 1.165) is 6.42 Å². The van der Waals surface area contributed by atoms with Gasteiger partial charge in [0.15, 0.2) is 0 Å². The molecule has 2 nitrogen and oxygen atoms in total. The first-order valence-corrected chi connectivity index (χ1v) is 4.78. The molecule has 1 aromatic rings. The second-order valence-electron chi connectivity index (χ2n) is 3.64. The normalized spacial score (nSPS) is 26.1. The highest BCUT2D eigenvalue weighted by molar-refractivity contribution is 5.42. The number of hydrogen-bond donors (Lipinski definition) is 2. The Labute approximate surface area is 78.4 Å². The van der Waals surface area contributed by atoms with E-state index in [0.29, 0.717) is 6.42 Å². The minimum atomic E-state index is -0.386. The van der Waals surface area contributed by atoms with Crippen LogP contribution in [0.15, 0.2) is 18.2 Å². The Morgan fingerprint density at radius 1 is 1.54 bits per heavy atom. The number of fused-ring (bicyclic) bond motifs is 1. The first-order chi connectivity index (χ1) is 6.24. The highest BCUT2D eigenvalue weighted by Crippen LogP contribution is 2.32. The molecule has 1 aliphatic rings. The molecule has 0 saturated carbocycles. The SMILES string of the molecule is CCc1cccc2c1[C@H](N)[C@H](O)C2. The molecule has 0 spiro atoms. The third-order valence-corrected chi connectivity index (χ3v) is 2.84. The van der Waals surface area contributed by atoms with Gasteiger partial charge in [0, 0.05) is 6.42 Å². The van der Waals surface area contributed by atoms with Gasteiger partial charge in [-0.15, -0.1) is 0 Å². The number of benzene rings is 1. The largest absolute Gasteiger partial charge is 0.391 e. The topological polar surface area (TPSA) is 46.2 Å². The molecule has 0 fully saturated rings. The van der Waals surface area contributed by atoms with Gasteiger partial charge in [-0.05, 0) is 23.1 Å². The average molecular weight is 177 g/mol. The molecule has 0 saturated heterocycles. The molecular formula is C11H15NO. The number of hydrogen-bond acceptors (Lipinski definition) is 2. The van der Waals surface area contributed by atoms with E-state index < -0.39 is 0 Å². The van der Waals surface area contributed by atoms with E-state index in [1.807, 2.05) is 6.07 Å². The molecule has 2 atom stereocenters. The van der Waals surface area contributed by atoms with E-state index in [1.165, 1.54) is 16.7 Å². The van der Waals surface area contributed by atoms with Crippen LogP contribution in [0.3, 0.4) is 0 Å². The van der Waals surface area contributed by atoms with Crippen LogP contribution < -0.4 is 5.73 Å². The molecule has 0 heterocycles. The Hall–Kier alpha value is -0.860. The molecule has 3 N–H and O–H groups in total. The Kier molecular flexibility index (Phi) is 2.10. The van der Waals surface area contributed by atoms with Gasteiger partial charge in [-0.3, -0.25) is 0 Å². The number of aliphatic hydroxyl groups excluding tert-OH is 1. The monoisotopic (exact) mass is 177 g/mol. The average Bonchev–Trinajstić information content (AvgIpc) is 2.43. The van der Waals surface area contributed by atoms with Crippen molar-refractivity contribution in [3.8, 4) is 0 Å². The minimum Gasteiger partial charge on any atom is -0.391 e. The number of nitrogens with two attached hydrogens (primary N) is 1. The van der Waals surface area contributed by atoms with Crippen LogP contribution in [-0.2, 0) is 12.8 Å². The standard InChI is InChI=1S/C11H15NO/c1-2-7-4-3-5-8-6-9(13)11(12)10(7)8/h3-5,9,11,13H,2,6,12H2,1H3/t9-,11-/m1/s1. The lowest BCUT2D eigenvalue weighted by atomic mass is 9.99. The van der Waals surface area contributed by atoms with Gasteiger partial charge in [0.1, 0.15) is 0 Å². The van der Waals surface area contributed by atoms with E-state index >= 15 is 0 Å². The lowest BCUT2D eigenvalue weighted by molar-refractivity contribution is 0.158. The molecule has 2 heteroatoms. The van der Waals surface area contributed by atoms with Crippen LogP contribution in [-0.4, -0.2) is 11.2 Å². The molecule has 0 aliphatic heterocycles. The number of aryl methyl sites for hydroxylation is 1. The molecule has 1 aliphatic carbocycles. The van der Waals surface area contributed by atoms with Gasteiger partial charge in [0.2, 0.25) is 0 Å². The highest BCUT2D eigenvalue weighted by Gasteiger charge is 2.29. The van der Waals surface area contributed by atoms with Crippen molar-refractivity contribution >= 4 is 0 Å². The van der Waals surface area contributed by atoms with Crippen LogP contribution >= 0.6 is 0 Å². The smallest absolute Gasteiger partial charge is 0.0773 e. The first kappa shape index (κ1) is 8.73. The minimum absolute atomic E-state index is 0.175. The summed E-state index contributed by atoms with van der Waals surface area (Å²) < 4.78 is 0.